The van der Waals surface area contributed by atoms with E-state index in [4.69, 9.17) is 5.73 Å². The number of unbranched alkanes of at least 4 members (excludes halogenated alkanes) is 4. The molecule has 4 N–H and O–H groups in total. The Morgan fingerprint density at radius 1 is 0.643 bits per heavy atom. The largest absolute Gasteiger partial charge is 0.330 e. The molecule has 3 nitrogen and oxygen atoms in total. The summed E-state index contributed by atoms with van der Waals surface area (Å²) in [5, 5.41) is 7.08. The second kappa shape index (κ2) is 20.8. The molecule has 0 saturated heterocycles. The van der Waals surface area contributed by atoms with Crippen molar-refractivity contribution >= 4 is 0 Å². The van der Waals surface area contributed by atoms with E-state index < -0.39 is 0 Å². The molecule has 164 valence electrons. The molecule has 0 atom stereocenters. The number of hydrogen-bond acceptors (Lipinski definition) is 3. The lowest BCUT2D eigenvalue weighted by atomic mass is 10.1. The van der Waals surface area contributed by atoms with E-state index in [2.05, 4.69) is 56.6 Å². The minimum absolute atomic E-state index is 0.829. The van der Waals surface area contributed by atoms with E-state index in [-0.39, 0.29) is 0 Å². The molecule has 0 bridgehead atoms. The fraction of sp³-hybridized carbons (Fsp3) is 0.760. The van der Waals surface area contributed by atoms with Gasteiger partial charge in [0.15, 0.2) is 0 Å². The Hall–Kier alpha value is -0.900. The average molecular weight is 392 g/mol. The van der Waals surface area contributed by atoms with Gasteiger partial charge in [-0.05, 0) is 105 Å². The first-order valence-corrected chi connectivity index (χ1v) is 11.6. The number of rotatable bonds is 19. The molecule has 0 saturated carbocycles. The molecule has 0 aromatic carbocycles. The standard InChI is InChI=1S/C25H49N3/c1-23(2)13-11-14-24(3)15-12-16-25(4)17-22-28-21-10-6-9-20-27-19-8-5-7-18-26/h13,15,17,27-28H,5-12,14,16,18-22,26H2,1-4H3/b24-15+,25-17+. The minimum atomic E-state index is 0.829. The van der Waals surface area contributed by atoms with Gasteiger partial charge in [0.1, 0.15) is 0 Å². The highest BCUT2D eigenvalue weighted by molar-refractivity contribution is 5.05. The average Bonchev–Trinajstić information content (AvgIpc) is 2.65. The highest BCUT2D eigenvalue weighted by Crippen LogP contribution is 2.11. The van der Waals surface area contributed by atoms with E-state index in [0.717, 1.165) is 39.1 Å². The highest BCUT2D eigenvalue weighted by atomic mass is 14.8. The first kappa shape index (κ1) is 27.1. The maximum absolute atomic E-state index is 5.50. The van der Waals surface area contributed by atoms with Crippen molar-refractivity contribution in [2.24, 2.45) is 5.73 Å². The molecule has 28 heavy (non-hydrogen) atoms. The summed E-state index contributed by atoms with van der Waals surface area (Å²) in [4.78, 5) is 0. The van der Waals surface area contributed by atoms with Crippen LogP contribution in [0.2, 0.25) is 0 Å². The predicted octanol–water partition coefficient (Wildman–Crippen LogP) is 5.88. The van der Waals surface area contributed by atoms with Crippen LogP contribution < -0.4 is 16.4 Å². The topological polar surface area (TPSA) is 50.1 Å². The summed E-state index contributed by atoms with van der Waals surface area (Å²) in [5.74, 6) is 0. The third kappa shape index (κ3) is 21.4. The number of allylic oxidation sites excluding steroid dienone is 5. The molecular weight excluding hydrogens is 342 g/mol. The Morgan fingerprint density at radius 3 is 1.79 bits per heavy atom. The summed E-state index contributed by atoms with van der Waals surface area (Å²) in [5.41, 5.74) is 9.94. The van der Waals surface area contributed by atoms with Gasteiger partial charge in [0.2, 0.25) is 0 Å². The van der Waals surface area contributed by atoms with E-state index in [1.54, 1.807) is 0 Å². The van der Waals surface area contributed by atoms with Gasteiger partial charge in [0.25, 0.3) is 0 Å². The van der Waals surface area contributed by atoms with Gasteiger partial charge in [-0.1, -0.05) is 47.8 Å². The molecule has 0 aliphatic heterocycles. The number of hydrogen-bond donors (Lipinski definition) is 3. The van der Waals surface area contributed by atoms with Crippen LogP contribution in [0.5, 0.6) is 0 Å². The van der Waals surface area contributed by atoms with E-state index in [1.165, 1.54) is 74.5 Å². The van der Waals surface area contributed by atoms with Crippen LogP contribution in [0.3, 0.4) is 0 Å². The lowest BCUT2D eigenvalue weighted by Gasteiger charge is -2.05. The van der Waals surface area contributed by atoms with Crippen LogP contribution in [-0.2, 0) is 0 Å². The smallest absolute Gasteiger partial charge is 0.0137 e. The van der Waals surface area contributed by atoms with Crippen LogP contribution in [0.1, 0.15) is 91.9 Å². The molecule has 3 heteroatoms. The number of nitrogens with two attached hydrogens (primary N) is 1. The second-order valence-corrected chi connectivity index (χ2v) is 8.32. The monoisotopic (exact) mass is 391 g/mol. The molecule has 0 rings (SSSR count). The maximum Gasteiger partial charge on any atom is 0.0137 e. The van der Waals surface area contributed by atoms with Crippen molar-refractivity contribution in [1.29, 1.82) is 0 Å². The van der Waals surface area contributed by atoms with Gasteiger partial charge < -0.3 is 16.4 Å². The van der Waals surface area contributed by atoms with Crippen molar-refractivity contribution in [3.63, 3.8) is 0 Å². The van der Waals surface area contributed by atoms with Crippen molar-refractivity contribution in [1.82, 2.24) is 10.6 Å². The minimum Gasteiger partial charge on any atom is -0.330 e. The Morgan fingerprint density at radius 2 is 1.18 bits per heavy atom. The number of nitrogens with one attached hydrogen (secondary N) is 2. The first-order valence-electron chi connectivity index (χ1n) is 11.6. The van der Waals surface area contributed by atoms with Crippen LogP contribution >= 0.6 is 0 Å². The van der Waals surface area contributed by atoms with Crippen LogP contribution in [0.15, 0.2) is 34.9 Å². The van der Waals surface area contributed by atoms with Gasteiger partial charge in [0, 0.05) is 6.54 Å². The third-order valence-corrected chi connectivity index (χ3v) is 4.98. The van der Waals surface area contributed by atoms with Gasteiger partial charge in [-0.2, -0.15) is 0 Å². The van der Waals surface area contributed by atoms with Crippen LogP contribution in [-0.4, -0.2) is 32.7 Å². The summed E-state index contributed by atoms with van der Waals surface area (Å²) >= 11 is 0. The zero-order chi connectivity index (χ0) is 20.9. The lowest BCUT2D eigenvalue weighted by Crippen LogP contribution is -2.18. The summed E-state index contributed by atoms with van der Waals surface area (Å²) < 4.78 is 0. The van der Waals surface area contributed by atoms with Gasteiger partial charge in [0.05, 0.1) is 0 Å². The Balaban J connectivity index is 3.48. The Bertz CT molecular complexity index is 431. The van der Waals surface area contributed by atoms with Crippen molar-refractivity contribution in [3.8, 4) is 0 Å². The maximum atomic E-state index is 5.50. The van der Waals surface area contributed by atoms with Gasteiger partial charge in [-0.15, -0.1) is 0 Å². The summed E-state index contributed by atoms with van der Waals surface area (Å²) in [6.45, 7) is 14.1. The van der Waals surface area contributed by atoms with Crippen molar-refractivity contribution < 1.29 is 0 Å². The zero-order valence-corrected chi connectivity index (χ0v) is 19.4. The normalized spacial score (nSPS) is 12.5. The van der Waals surface area contributed by atoms with Gasteiger partial charge >= 0.3 is 0 Å². The molecule has 0 aromatic heterocycles. The van der Waals surface area contributed by atoms with Crippen molar-refractivity contribution in [3.05, 3.63) is 34.9 Å². The lowest BCUT2D eigenvalue weighted by molar-refractivity contribution is 0.561. The predicted molar refractivity (Wildman–Crippen MR) is 128 cm³/mol. The fourth-order valence-electron chi connectivity index (χ4n) is 3.06. The Labute approximate surface area is 176 Å². The summed E-state index contributed by atoms with van der Waals surface area (Å²) in [6.07, 6.45) is 19.4. The molecule has 0 unspecified atom stereocenters. The zero-order valence-electron chi connectivity index (χ0n) is 19.4. The molecule has 0 aliphatic rings. The molecule has 0 aliphatic carbocycles. The SMILES string of the molecule is CC(C)=CCC/C(C)=C/CC/C(C)=C/CNCCCCCNCCCCCN. The molecule has 0 spiro atoms. The summed E-state index contributed by atoms with van der Waals surface area (Å²) in [7, 11) is 0. The van der Waals surface area contributed by atoms with Crippen LogP contribution in [0, 0.1) is 0 Å². The van der Waals surface area contributed by atoms with Gasteiger partial charge in [-0.3, -0.25) is 0 Å². The van der Waals surface area contributed by atoms with E-state index >= 15 is 0 Å². The third-order valence-electron chi connectivity index (χ3n) is 4.98. The van der Waals surface area contributed by atoms with Crippen LogP contribution in [0.4, 0.5) is 0 Å². The van der Waals surface area contributed by atoms with Crippen molar-refractivity contribution in [2.75, 3.05) is 32.7 Å². The molecule has 0 amide bonds. The molecule has 0 aromatic rings. The van der Waals surface area contributed by atoms with Gasteiger partial charge in [-0.25, -0.2) is 0 Å². The Kier molecular flexibility index (Phi) is 20.2. The molecule has 0 fully saturated rings. The van der Waals surface area contributed by atoms with E-state index in [9.17, 15) is 0 Å². The fourth-order valence-corrected chi connectivity index (χ4v) is 3.06. The van der Waals surface area contributed by atoms with E-state index in [1.807, 2.05) is 0 Å². The quantitative estimate of drug-likeness (QED) is 0.190. The summed E-state index contributed by atoms with van der Waals surface area (Å²) in [6, 6.07) is 0. The highest BCUT2D eigenvalue weighted by Gasteiger charge is 1.93. The molecular formula is C25H49N3. The molecule has 0 radical (unpaired) electrons. The second-order valence-electron chi connectivity index (χ2n) is 8.32. The molecule has 0 heterocycles. The van der Waals surface area contributed by atoms with E-state index in [0.29, 0.717) is 0 Å². The van der Waals surface area contributed by atoms with Crippen LogP contribution in [0.25, 0.3) is 0 Å². The first-order chi connectivity index (χ1) is 13.6. The van der Waals surface area contributed by atoms with Crippen molar-refractivity contribution in [2.45, 2.75) is 91.9 Å².